The van der Waals surface area contributed by atoms with Crippen LogP contribution in [0.15, 0.2) is 152 Å². The quantitative estimate of drug-likeness (QED) is 0.0625. The molecular weight excluding hydrogens is 699 g/mol. The normalized spacial score (nSPS) is 19.8. The second kappa shape index (κ2) is 17.9. The van der Waals surface area contributed by atoms with Gasteiger partial charge in [0, 0.05) is 0 Å². The molecule has 6 rings (SSSR count). The number of esters is 3. The van der Waals surface area contributed by atoms with Crippen LogP contribution in [0.2, 0.25) is 0 Å². The van der Waals surface area contributed by atoms with Crippen molar-refractivity contribution < 1.29 is 51.5 Å². The van der Waals surface area contributed by atoms with E-state index < -0.39 is 56.4 Å². The molecule has 0 amide bonds. The zero-order valence-corrected chi connectivity index (χ0v) is 29.6. The van der Waals surface area contributed by atoms with Gasteiger partial charge in [0.15, 0.2) is 18.3 Å². The molecule has 2 unspecified atom stereocenters. The van der Waals surface area contributed by atoms with E-state index in [1.54, 1.807) is 122 Å². The summed E-state index contributed by atoms with van der Waals surface area (Å²) in [5, 5.41) is 0. The van der Waals surface area contributed by atoms with Crippen LogP contribution >= 0.6 is 7.82 Å². The van der Waals surface area contributed by atoms with E-state index in [2.05, 4.69) is 0 Å². The molecule has 0 bridgehead atoms. The van der Waals surface area contributed by atoms with Gasteiger partial charge in [0.1, 0.15) is 0 Å². The molecular formula is C41H37O11P. The number of rotatable bonds is 14. The molecule has 0 spiro atoms. The topological polar surface area (TPSA) is 133 Å². The molecule has 0 saturated carbocycles. The van der Waals surface area contributed by atoms with Crippen molar-refractivity contribution in [3.8, 4) is 0 Å². The Balaban J connectivity index is 1.37. The van der Waals surface area contributed by atoms with Crippen LogP contribution < -0.4 is 0 Å². The van der Waals surface area contributed by atoms with Crippen LogP contribution in [-0.2, 0) is 50.3 Å². The summed E-state index contributed by atoms with van der Waals surface area (Å²) in [6.45, 7) is 1.21. The van der Waals surface area contributed by atoms with Gasteiger partial charge >= 0.3 is 25.7 Å². The molecule has 1 fully saturated rings. The van der Waals surface area contributed by atoms with Crippen LogP contribution in [0.25, 0.3) is 0 Å². The van der Waals surface area contributed by atoms with Gasteiger partial charge in [0.25, 0.3) is 0 Å². The highest BCUT2D eigenvalue weighted by Crippen LogP contribution is 2.53. The Kier molecular flexibility index (Phi) is 12.6. The first-order chi connectivity index (χ1) is 25.8. The molecule has 272 valence electrons. The number of hydrogen-bond donors (Lipinski definition) is 0. The molecule has 12 heteroatoms. The first-order valence-corrected chi connectivity index (χ1v) is 18.3. The minimum absolute atomic E-state index is 0.152. The van der Waals surface area contributed by atoms with Crippen molar-refractivity contribution in [2.24, 2.45) is 0 Å². The molecule has 0 aliphatic carbocycles. The van der Waals surface area contributed by atoms with Gasteiger partial charge in [-0.25, -0.2) is 18.9 Å². The van der Waals surface area contributed by atoms with Gasteiger partial charge in [0.05, 0.1) is 36.0 Å². The fourth-order valence-corrected chi connectivity index (χ4v) is 6.69. The Morgan fingerprint density at radius 1 is 0.509 bits per heavy atom. The Bertz CT molecular complexity index is 1930. The number of phosphoric acid groups is 1. The van der Waals surface area contributed by atoms with Gasteiger partial charge in [-0.05, 0) is 54.4 Å². The van der Waals surface area contributed by atoms with Crippen LogP contribution in [0.5, 0.6) is 0 Å². The fraction of sp³-hybridized carbons (Fsp3) is 0.195. The Hall–Kier alpha value is -5.42. The van der Waals surface area contributed by atoms with Crippen LogP contribution in [0.4, 0.5) is 0 Å². The fourth-order valence-electron chi connectivity index (χ4n) is 5.46. The summed E-state index contributed by atoms with van der Waals surface area (Å²) in [4.78, 5) is 40.7. The van der Waals surface area contributed by atoms with Gasteiger partial charge in [0.2, 0.25) is 6.29 Å². The number of carbonyl (C=O) groups excluding carboxylic acids is 3. The van der Waals surface area contributed by atoms with Crippen molar-refractivity contribution in [3.63, 3.8) is 0 Å². The van der Waals surface area contributed by atoms with E-state index in [1.165, 1.54) is 24.3 Å². The van der Waals surface area contributed by atoms with Crippen LogP contribution in [0.1, 0.15) is 49.1 Å². The summed E-state index contributed by atoms with van der Waals surface area (Å²) in [7, 11) is -4.58. The van der Waals surface area contributed by atoms with E-state index >= 15 is 0 Å². The SMILES string of the molecule is CC1OC(OP(=O)(OCc2ccccc2)OCc2ccccc2)[C@H](OC(=O)c2ccccc2)[C@@H](OC(=O)c2ccccc2)[C@@H]1OC(=O)c1ccccc1. The maximum absolute atomic E-state index is 14.6. The van der Waals surface area contributed by atoms with E-state index in [0.29, 0.717) is 11.1 Å². The predicted molar refractivity (Wildman–Crippen MR) is 192 cm³/mol. The molecule has 1 heterocycles. The van der Waals surface area contributed by atoms with Crippen molar-refractivity contribution in [3.05, 3.63) is 179 Å². The summed E-state index contributed by atoms with van der Waals surface area (Å²) >= 11 is 0. The third-order valence-electron chi connectivity index (χ3n) is 8.18. The molecule has 5 atom stereocenters. The zero-order chi connectivity index (χ0) is 37.0. The monoisotopic (exact) mass is 736 g/mol. The molecule has 5 aromatic carbocycles. The highest BCUT2D eigenvalue weighted by atomic mass is 31.2. The minimum atomic E-state index is -4.58. The van der Waals surface area contributed by atoms with Crippen molar-refractivity contribution in [1.82, 2.24) is 0 Å². The number of benzene rings is 5. The lowest BCUT2D eigenvalue weighted by Crippen LogP contribution is -2.61. The smallest absolute Gasteiger partial charge is 0.452 e. The lowest BCUT2D eigenvalue weighted by molar-refractivity contribution is -0.271. The zero-order valence-electron chi connectivity index (χ0n) is 28.7. The maximum Gasteiger partial charge on any atom is 0.477 e. The average molecular weight is 737 g/mol. The number of phosphoric ester groups is 1. The number of carbonyl (C=O) groups is 3. The van der Waals surface area contributed by atoms with Crippen molar-refractivity contribution in [2.75, 3.05) is 0 Å². The molecule has 0 radical (unpaired) electrons. The highest BCUT2D eigenvalue weighted by molar-refractivity contribution is 7.48. The first kappa shape index (κ1) is 37.3. The standard InChI is InChI=1S/C41H37O11P/c1-29-35(49-38(42)32-21-11-4-12-22-32)36(50-39(43)33-23-13-5-14-24-33)37(51-40(44)34-25-15-6-16-26-34)41(48-29)52-53(45,46-27-30-17-7-2-8-18-30)47-28-31-19-9-3-10-20-31/h2-26,29,35-37,41H,27-28H2,1H3/t29?,35-,36+,37-,41?/m1/s1. The lowest BCUT2D eigenvalue weighted by Gasteiger charge is -2.43. The van der Waals surface area contributed by atoms with Crippen molar-refractivity contribution in [2.45, 2.75) is 50.8 Å². The second-order valence-corrected chi connectivity index (χ2v) is 13.6. The molecule has 0 N–H and O–H groups in total. The molecule has 1 aliphatic rings. The summed E-state index contributed by atoms with van der Waals surface area (Å²) in [6.07, 6.45) is -7.30. The Morgan fingerprint density at radius 2 is 0.849 bits per heavy atom. The lowest BCUT2D eigenvalue weighted by atomic mass is 9.98. The Morgan fingerprint density at radius 3 is 1.25 bits per heavy atom. The number of ether oxygens (including phenoxy) is 4. The van der Waals surface area contributed by atoms with Gasteiger partial charge < -0.3 is 18.9 Å². The first-order valence-electron chi connectivity index (χ1n) is 16.9. The average Bonchev–Trinajstić information content (AvgIpc) is 3.20. The van der Waals surface area contributed by atoms with E-state index in [0.717, 1.165) is 0 Å². The van der Waals surface area contributed by atoms with Gasteiger partial charge in [-0.3, -0.25) is 13.6 Å². The Labute approximate surface area is 306 Å². The van der Waals surface area contributed by atoms with Gasteiger partial charge in [-0.2, -0.15) is 0 Å². The van der Waals surface area contributed by atoms with E-state index in [4.69, 9.17) is 32.5 Å². The largest absolute Gasteiger partial charge is 0.477 e. The van der Waals surface area contributed by atoms with Crippen LogP contribution in [-0.4, -0.2) is 48.6 Å². The second-order valence-electron chi connectivity index (χ2n) is 12.0. The molecule has 5 aromatic rings. The third kappa shape index (κ3) is 10.1. The van der Waals surface area contributed by atoms with Crippen molar-refractivity contribution in [1.29, 1.82) is 0 Å². The van der Waals surface area contributed by atoms with Gasteiger partial charge in [-0.1, -0.05) is 115 Å². The summed E-state index contributed by atoms with van der Waals surface area (Å²) < 4.78 is 56.5. The summed E-state index contributed by atoms with van der Waals surface area (Å²) in [5.41, 5.74) is 1.89. The highest BCUT2D eigenvalue weighted by Gasteiger charge is 2.54. The van der Waals surface area contributed by atoms with E-state index in [9.17, 15) is 18.9 Å². The van der Waals surface area contributed by atoms with E-state index in [1.807, 2.05) is 12.1 Å². The van der Waals surface area contributed by atoms with Crippen LogP contribution in [0.3, 0.4) is 0 Å². The minimum Gasteiger partial charge on any atom is -0.452 e. The molecule has 53 heavy (non-hydrogen) atoms. The molecule has 1 saturated heterocycles. The third-order valence-corrected chi connectivity index (χ3v) is 9.54. The molecule has 0 aromatic heterocycles. The molecule has 1 aliphatic heterocycles. The van der Waals surface area contributed by atoms with Crippen LogP contribution in [0, 0.1) is 0 Å². The maximum atomic E-state index is 14.6. The van der Waals surface area contributed by atoms with Crippen molar-refractivity contribution >= 4 is 25.7 Å². The predicted octanol–water partition coefficient (Wildman–Crippen LogP) is 7.97. The summed E-state index contributed by atoms with van der Waals surface area (Å²) in [5.74, 6) is -2.40. The number of hydrogen-bond acceptors (Lipinski definition) is 11. The van der Waals surface area contributed by atoms with Gasteiger partial charge in [-0.15, -0.1) is 0 Å². The molecule has 11 nitrogen and oxygen atoms in total. The summed E-state index contributed by atoms with van der Waals surface area (Å²) in [6, 6.07) is 42.3. The van der Waals surface area contributed by atoms with E-state index in [-0.39, 0.29) is 29.9 Å².